The van der Waals surface area contributed by atoms with Gasteiger partial charge in [-0.05, 0) is 31.6 Å². The molecule has 86 valence electrons. The van der Waals surface area contributed by atoms with Crippen molar-refractivity contribution in [2.75, 3.05) is 7.05 Å². The summed E-state index contributed by atoms with van der Waals surface area (Å²) in [6.45, 7) is 3.56. The van der Waals surface area contributed by atoms with Gasteiger partial charge in [-0.15, -0.1) is 0 Å². The number of halogens is 2. The molecule has 0 spiro atoms. The van der Waals surface area contributed by atoms with E-state index in [1.165, 1.54) is 12.1 Å². The first-order valence-electron chi connectivity index (χ1n) is 5.21. The molecule has 0 fully saturated rings. The lowest BCUT2D eigenvalue weighted by molar-refractivity contribution is 0.558. The maximum atomic E-state index is 13.5. The van der Waals surface area contributed by atoms with Crippen LogP contribution in [0.25, 0.3) is 0 Å². The molecule has 0 saturated heterocycles. The van der Waals surface area contributed by atoms with Crippen LogP contribution >= 0.6 is 0 Å². The van der Waals surface area contributed by atoms with Crippen molar-refractivity contribution in [3.05, 3.63) is 47.0 Å². The van der Waals surface area contributed by atoms with Crippen LogP contribution in [-0.2, 0) is 6.42 Å². The minimum atomic E-state index is -0.511. The van der Waals surface area contributed by atoms with Crippen LogP contribution in [0.4, 0.5) is 8.78 Å². The van der Waals surface area contributed by atoms with E-state index in [9.17, 15) is 8.78 Å². The number of benzene rings is 1. The third-order valence-electron chi connectivity index (χ3n) is 2.36. The lowest BCUT2D eigenvalue weighted by Gasteiger charge is -2.06. The summed E-state index contributed by atoms with van der Waals surface area (Å²) >= 11 is 0. The van der Waals surface area contributed by atoms with Gasteiger partial charge in [-0.2, -0.15) is 0 Å². The zero-order valence-corrected chi connectivity index (χ0v) is 9.72. The topological polar surface area (TPSA) is 12.4 Å². The third-order valence-corrected chi connectivity index (χ3v) is 2.36. The average Bonchev–Trinajstić information content (AvgIpc) is 2.25. The van der Waals surface area contributed by atoms with Crippen molar-refractivity contribution in [3.8, 4) is 0 Å². The summed E-state index contributed by atoms with van der Waals surface area (Å²) in [6.07, 6.45) is 3.85. The predicted octanol–water partition coefficient (Wildman–Crippen LogP) is 3.52. The van der Waals surface area contributed by atoms with E-state index in [4.69, 9.17) is 0 Å². The van der Waals surface area contributed by atoms with Crippen LogP contribution in [0.5, 0.6) is 0 Å². The maximum Gasteiger partial charge on any atom is 0.129 e. The molecule has 0 saturated carbocycles. The highest BCUT2D eigenvalue weighted by molar-refractivity contribution is 6.08. The third kappa shape index (κ3) is 2.54. The molecule has 0 radical (unpaired) electrons. The summed E-state index contributed by atoms with van der Waals surface area (Å²) in [5.41, 5.74) is 1.16. The Morgan fingerprint density at radius 2 is 1.88 bits per heavy atom. The van der Waals surface area contributed by atoms with Gasteiger partial charge in [0.15, 0.2) is 0 Å². The molecular formula is C13H15F2N. The van der Waals surface area contributed by atoms with E-state index in [1.54, 1.807) is 26.1 Å². The first-order valence-corrected chi connectivity index (χ1v) is 5.21. The molecule has 1 aromatic rings. The Balaban J connectivity index is 3.27. The van der Waals surface area contributed by atoms with E-state index in [1.807, 2.05) is 6.92 Å². The van der Waals surface area contributed by atoms with Crippen LogP contribution in [0.15, 0.2) is 29.3 Å². The molecule has 1 rings (SSSR count). The zero-order chi connectivity index (χ0) is 12.1. The van der Waals surface area contributed by atoms with E-state index < -0.39 is 11.6 Å². The van der Waals surface area contributed by atoms with E-state index in [2.05, 4.69) is 4.99 Å². The molecule has 1 nitrogen and oxygen atoms in total. The van der Waals surface area contributed by atoms with Gasteiger partial charge in [-0.1, -0.05) is 13.0 Å². The molecule has 1 aromatic carbocycles. The van der Waals surface area contributed by atoms with Gasteiger partial charge in [0, 0.05) is 18.2 Å². The highest BCUT2D eigenvalue weighted by atomic mass is 19.1. The van der Waals surface area contributed by atoms with E-state index >= 15 is 0 Å². The van der Waals surface area contributed by atoms with Crippen molar-refractivity contribution < 1.29 is 8.78 Å². The molecule has 3 heteroatoms. The molecule has 0 aliphatic rings. The van der Waals surface area contributed by atoms with Crippen LogP contribution < -0.4 is 0 Å². The van der Waals surface area contributed by atoms with E-state index in [0.717, 1.165) is 0 Å². The van der Waals surface area contributed by atoms with Crippen LogP contribution in [-0.4, -0.2) is 12.8 Å². The highest BCUT2D eigenvalue weighted by Gasteiger charge is 2.10. The molecule has 16 heavy (non-hydrogen) atoms. The molecule has 0 aliphatic carbocycles. The summed E-state index contributed by atoms with van der Waals surface area (Å²) < 4.78 is 27.1. The number of hydrogen-bond acceptors (Lipinski definition) is 1. The molecule has 0 amide bonds. The number of hydrogen-bond donors (Lipinski definition) is 0. The first kappa shape index (κ1) is 12.6. The van der Waals surface area contributed by atoms with Gasteiger partial charge in [0.1, 0.15) is 11.6 Å². The minimum Gasteiger partial charge on any atom is -0.288 e. The van der Waals surface area contributed by atoms with Gasteiger partial charge in [0.2, 0.25) is 0 Å². The summed E-state index contributed by atoms with van der Waals surface area (Å²) in [7, 11) is 1.60. The van der Waals surface area contributed by atoms with Crippen molar-refractivity contribution in [2.45, 2.75) is 20.3 Å². The Morgan fingerprint density at radius 3 is 2.25 bits per heavy atom. The van der Waals surface area contributed by atoms with Gasteiger partial charge in [0.25, 0.3) is 0 Å². The second kappa shape index (κ2) is 5.54. The number of aliphatic imine (C=N–C) groups is 1. The van der Waals surface area contributed by atoms with Crippen LogP contribution in [0.1, 0.15) is 25.0 Å². The minimum absolute atomic E-state index is 0.125. The first-order chi connectivity index (χ1) is 7.63. The van der Waals surface area contributed by atoms with Gasteiger partial charge in [0.05, 0.1) is 5.71 Å². The molecule has 0 atom stereocenters. The highest BCUT2D eigenvalue weighted by Crippen LogP contribution is 2.17. The summed E-state index contributed by atoms with van der Waals surface area (Å²) in [6, 6.07) is 2.65. The van der Waals surface area contributed by atoms with E-state index in [0.29, 0.717) is 17.7 Å². The quantitative estimate of drug-likeness (QED) is 0.695. The van der Waals surface area contributed by atoms with Crippen molar-refractivity contribution in [1.29, 1.82) is 0 Å². The van der Waals surface area contributed by atoms with Crippen LogP contribution in [0.2, 0.25) is 0 Å². The van der Waals surface area contributed by atoms with Crippen LogP contribution in [0, 0.1) is 11.6 Å². The van der Waals surface area contributed by atoms with Gasteiger partial charge >= 0.3 is 0 Å². The van der Waals surface area contributed by atoms with Crippen molar-refractivity contribution in [1.82, 2.24) is 0 Å². The van der Waals surface area contributed by atoms with Gasteiger partial charge in [-0.3, -0.25) is 4.99 Å². The Kier molecular flexibility index (Phi) is 4.35. The Morgan fingerprint density at radius 1 is 1.31 bits per heavy atom. The molecular weight excluding hydrogens is 208 g/mol. The van der Waals surface area contributed by atoms with Crippen LogP contribution in [0.3, 0.4) is 0 Å². The van der Waals surface area contributed by atoms with Gasteiger partial charge < -0.3 is 0 Å². The Hall–Kier alpha value is -1.51. The standard InChI is InChI=1S/C13H15F2N/c1-4-6-13(16-3)9-7-11(14)10(5-2)12(15)8-9/h4,6-8H,5H2,1-3H3/b6-4-,16-13?. The monoisotopic (exact) mass is 223 g/mol. The van der Waals surface area contributed by atoms with E-state index in [-0.39, 0.29) is 5.56 Å². The number of nitrogens with zero attached hydrogens (tertiary/aromatic N) is 1. The molecule has 0 aliphatic heterocycles. The number of allylic oxidation sites excluding steroid dienone is 2. The fourth-order valence-electron chi connectivity index (χ4n) is 1.55. The SMILES string of the molecule is C/C=C\C(=NC)c1cc(F)c(CC)c(F)c1. The largest absolute Gasteiger partial charge is 0.288 e. The molecule has 0 aromatic heterocycles. The van der Waals surface area contributed by atoms with Crippen molar-refractivity contribution in [2.24, 2.45) is 4.99 Å². The second-order valence-electron chi connectivity index (χ2n) is 3.38. The van der Waals surface area contributed by atoms with Crippen molar-refractivity contribution in [3.63, 3.8) is 0 Å². The Labute approximate surface area is 94.5 Å². The molecule has 0 unspecified atom stereocenters. The lowest BCUT2D eigenvalue weighted by atomic mass is 10.0. The summed E-state index contributed by atoms with van der Waals surface area (Å²) in [5, 5.41) is 0. The fourth-order valence-corrected chi connectivity index (χ4v) is 1.55. The second-order valence-corrected chi connectivity index (χ2v) is 3.38. The predicted molar refractivity (Wildman–Crippen MR) is 63.0 cm³/mol. The lowest BCUT2D eigenvalue weighted by Crippen LogP contribution is -2.02. The fraction of sp³-hybridized carbons (Fsp3) is 0.308. The zero-order valence-electron chi connectivity index (χ0n) is 9.72. The smallest absolute Gasteiger partial charge is 0.129 e. The maximum absolute atomic E-state index is 13.5. The summed E-state index contributed by atoms with van der Waals surface area (Å²) in [4.78, 5) is 3.98. The molecule has 0 N–H and O–H groups in total. The average molecular weight is 223 g/mol. The number of rotatable bonds is 3. The summed E-state index contributed by atoms with van der Waals surface area (Å²) in [5.74, 6) is -1.02. The normalized spacial score (nSPS) is 12.4. The Bertz CT molecular complexity index is 411. The van der Waals surface area contributed by atoms with Crippen molar-refractivity contribution >= 4 is 5.71 Å². The van der Waals surface area contributed by atoms with Gasteiger partial charge in [-0.25, -0.2) is 8.78 Å². The molecule has 0 bridgehead atoms. The molecule has 0 heterocycles.